The summed E-state index contributed by atoms with van der Waals surface area (Å²) in [5, 5.41) is 18.1. The lowest BCUT2D eigenvalue weighted by Gasteiger charge is -2.15. The minimum absolute atomic E-state index is 0.249. The van der Waals surface area contributed by atoms with E-state index in [0.717, 1.165) is 0 Å². The molecule has 0 aliphatic heterocycles. The Hall–Kier alpha value is -1.62. The van der Waals surface area contributed by atoms with E-state index in [2.05, 4.69) is 0 Å². The molecule has 0 aromatic heterocycles. The number of benzene rings is 1. The van der Waals surface area contributed by atoms with Gasteiger partial charge in [0.1, 0.15) is 0 Å². The molecule has 0 saturated carbocycles. The zero-order chi connectivity index (χ0) is 12.5. The third kappa shape index (κ3) is 2.30. The molecule has 4 nitrogen and oxygen atoms in total. The Balaban J connectivity index is 3.19. The van der Waals surface area contributed by atoms with Crippen molar-refractivity contribution >= 4 is 5.97 Å². The van der Waals surface area contributed by atoms with E-state index in [0.29, 0.717) is 5.56 Å². The summed E-state index contributed by atoms with van der Waals surface area (Å²) in [7, 11) is 0. The average Bonchev–Trinajstić information content (AvgIpc) is 2.19. The van der Waals surface area contributed by atoms with Gasteiger partial charge in [-0.2, -0.15) is 0 Å². The second kappa shape index (κ2) is 4.49. The standard InChI is InChI=1S/C11H14FNO3/c1-5-3-7(8(13)4-9(14)15)6(2)11(16)10(5)12/h3,8,16H,4,13H2,1-2H3,(H,14,15). The van der Waals surface area contributed by atoms with Crippen molar-refractivity contribution in [3.63, 3.8) is 0 Å². The molecule has 0 radical (unpaired) electrons. The van der Waals surface area contributed by atoms with Gasteiger partial charge in [0.25, 0.3) is 0 Å². The first-order chi connectivity index (χ1) is 7.34. The fraction of sp³-hybridized carbons (Fsp3) is 0.364. The van der Waals surface area contributed by atoms with Crippen LogP contribution in [0.2, 0.25) is 0 Å². The van der Waals surface area contributed by atoms with Crippen LogP contribution in [-0.4, -0.2) is 16.2 Å². The first-order valence-electron chi connectivity index (χ1n) is 4.80. The van der Waals surface area contributed by atoms with Gasteiger partial charge in [0.2, 0.25) is 0 Å². The lowest BCUT2D eigenvalue weighted by molar-refractivity contribution is -0.137. The van der Waals surface area contributed by atoms with Crippen LogP contribution in [0, 0.1) is 19.7 Å². The van der Waals surface area contributed by atoms with Crippen LogP contribution in [0.25, 0.3) is 0 Å². The number of hydrogen-bond acceptors (Lipinski definition) is 3. The van der Waals surface area contributed by atoms with E-state index in [-0.39, 0.29) is 17.5 Å². The van der Waals surface area contributed by atoms with Gasteiger partial charge in [-0.25, -0.2) is 4.39 Å². The van der Waals surface area contributed by atoms with E-state index >= 15 is 0 Å². The molecule has 1 aromatic rings. The van der Waals surface area contributed by atoms with E-state index in [1.54, 1.807) is 0 Å². The normalized spacial score (nSPS) is 12.5. The fourth-order valence-electron chi connectivity index (χ4n) is 1.58. The molecular weight excluding hydrogens is 213 g/mol. The van der Waals surface area contributed by atoms with Gasteiger partial charge in [-0.1, -0.05) is 6.07 Å². The van der Waals surface area contributed by atoms with Crippen LogP contribution >= 0.6 is 0 Å². The average molecular weight is 227 g/mol. The van der Waals surface area contributed by atoms with Gasteiger partial charge >= 0.3 is 5.97 Å². The molecule has 1 unspecified atom stereocenters. The highest BCUT2D eigenvalue weighted by Gasteiger charge is 2.18. The molecule has 4 N–H and O–H groups in total. The summed E-state index contributed by atoms with van der Waals surface area (Å²) in [5.41, 5.74) is 6.67. The second-order valence-corrected chi connectivity index (χ2v) is 3.77. The SMILES string of the molecule is Cc1cc(C(N)CC(=O)O)c(C)c(O)c1F. The molecular formula is C11H14FNO3. The summed E-state index contributed by atoms with van der Waals surface area (Å²) < 4.78 is 13.3. The van der Waals surface area contributed by atoms with Crippen LogP contribution in [0.5, 0.6) is 5.75 Å². The van der Waals surface area contributed by atoms with Gasteiger partial charge in [0, 0.05) is 6.04 Å². The quantitative estimate of drug-likeness (QED) is 0.732. The van der Waals surface area contributed by atoms with Crippen molar-refractivity contribution in [3.8, 4) is 5.75 Å². The van der Waals surface area contributed by atoms with Gasteiger partial charge in [-0.05, 0) is 30.5 Å². The number of aryl methyl sites for hydroxylation is 1. The van der Waals surface area contributed by atoms with Crippen molar-refractivity contribution in [2.45, 2.75) is 26.3 Å². The summed E-state index contributed by atoms with van der Waals surface area (Å²) in [6.45, 7) is 3.00. The number of halogens is 1. The van der Waals surface area contributed by atoms with Crippen LogP contribution in [0.1, 0.15) is 29.2 Å². The maximum atomic E-state index is 13.3. The Morgan fingerprint density at radius 1 is 1.56 bits per heavy atom. The number of carboxylic acids is 1. The molecule has 0 aliphatic rings. The third-order valence-electron chi connectivity index (χ3n) is 2.51. The zero-order valence-electron chi connectivity index (χ0n) is 9.12. The largest absolute Gasteiger partial charge is 0.505 e. The highest BCUT2D eigenvalue weighted by Crippen LogP contribution is 2.30. The van der Waals surface area contributed by atoms with Crippen molar-refractivity contribution in [1.29, 1.82) is 0 Å². The maximum absolute atomic E-state index is 13.3. The van der Waals surface area contributed by atoms with Gasteiger partial charge in [-0.15, -0.1) is 0 Å². The molecule has 0 heterocycles. The van der Waals surface area contributed by atoms with E-state index < -0.39 is 23.6 Å². The summed E-state index contributed by atoms with van der Waals surface area (Å²) in [5.74, 6) is -2.19. The molecule has 0 aliphatic carbocycles. The topological polar surface area (TPSA) is 83.6 Å². The molecule has 0 saturated heterocycles. The fourth-order valence-corrected chi connectivity index (χ4v) is 1.58. The highest BCUT2D eigenvalue weighted by molar-refractivity contribution is 5.68. The maximum Gasteiger partial charge on any atom is 0.305 e. The predicted octanol–water partition coefficient (Wildman–Crippen LogP) is 1.62. The van der Waals surface area contributed by atoms with Crippen LogP contribution in [0.4, 0.5) is 4.39 Å². The number of phenolic OH excluding ortho intramolecular Hbond substituents is 1. The number of aromatic hydroxyl groups is 1. The first kappa shape index (κ1) is 12.4. The minimum Gasteiger partial charge on any atom is -0.505 e. The van der Waals surface area contributed by atoms with Crippen LogP contribution in [-0.2, 0) is 4.79 Å². The zero-order valence-corrected chi connectivity index (χ0v) is 9.12. The summed E-state index contributed by atoms with van der Waals surface area (Å²) >= 11 is 0. The molecule has 1 rings (SSSR count). The molecule has 0 amide bonds. The molecule has 0 bridgehead atoms. The van der Waals surface area contributed by atoms with Crippen LogP contribution < -0.4 is 5.73 Å². The second-order valence-electron chi connectivity index (χ2n) is 3.77. The van der Waals surface area contributed by atoms with Crippen molar-refractivity contribution in [3.05, 3.63) is 28.6 Å². The Morgan fingerprint density at radius 2 is 2.12 bits per heavy atom. The van der Waals surface area contributed by atoms with E-state index in [1.165, 1.54) is 19.9 Å². The Morgan fingerprint density at radius 3 is 2.62 bits per heavy atom. The summed E-state index contributed by atoms with van der Waals surface area (Å²) in [6.07, 6.45) is -0.259. The Kier molecular flexibility index (Phi) is 3.49. The Bertz CT molecular complexity index is 432. The molecule has 0 spiro atoms. The van der Waals surface area contributed by atoms with Gasteiger partial charge < -0.3 is 15.9 Å². The number of nitrogens with two attached hydrogens (primary N) is 1. The van der Waals surface area contributed by atoms with Crippen molar-refractivity contribution in [2.75, 3.05) is 0 Å². The number of carboxylic acid groups (broad SMARTS) is 1. The number of phenols is 1. The van der Waals surface area contributed by atoms with Crippen molar-refractivity contribution in [2.24, 2.45) is 5.73 Å². The predicted molar refractivity (Wildman–Crippen MR) is 56.7 cm³/mol. The summed E-state index contributed by atoms with van der Waals surface area (Å²) in [6, 6.07) is 0.723. The number of carbonyl (C=O) groups is 1. The number of aliphatic carboxylic acids is 1. The molecule has 1 atom stereocenters. The van der Waals surface area contributed by atoms with Crippen molar-refractivity contribution in [1.82, 2.24) is 0 Å². The van der Waals surface area contributed by atoms with E-state index in [9.17, 15) is 14.3 Å². The third-order valence-corrected chi connectivity index (χ3v) is 2.51. The van der Waals surface area contributed by atoms with Gasteiger partial charge in [-0.3, -0.25) is 4.79 Å². The molecule has 1 aromatic carbocycles. The van der Waals surface area contributed by atoms with E-state index in [1.807, 2.05) is 0 Å². The molecule has 5 heteroatoms. The first-order valence-corrected chi connectivity index (χ1v) is 4.80. The van der Waals surface area contributed by atoms with Gasteiger partial charge in [0.05, 0.1) is 6.42 Å². The molecule has 88 valence electrons. The lowest BCUT2D eigenvalue weighted by atomic mass is 9.96. The van der Waals surface area contributed by atoms with E-state index in [4.69, 9.17) is 10.8 Å². The number of hydrogen-bond donors (Lipinski definition) is 3. The van der Waals surface area contributed by atoms with Gasteiger partial charge in [0.15, 0.2) is 11.6 Å². The Labute approximate surface area is 92.5 Å². The summed E-state index contributed by atoms with van der Waals surface area (Å²) in [4.78, 5) is 10.5. The monoisotopic (exact) mass is 227 g/mol. The van der Waals surface area contributed by atoms with Crippen LogP contribution in [0.15, 0.2) is 6.07 Å². The van der Waals surface area contributed by atoms with Crippen molar-refractivity contribution < 1.29 is 19.4 Å². The van der Waals surface area contributed by atoms with Crippen LogP contribution in [0.3, 0.4) is 0 Å². The highest BCUT2D eigenvalue weighted by atomic mass is 19.1. The minimum atomic E-state index is -1.03. The smallest absolute Gasteiger partial charge is 0.305 e. The lowest BCUT2D eigenvalue weighted by Crippen LogP contribution is -2.16. The molecule has 16 heavy (non-hydrogen) atoms. The number of rotatable bonds is 3. The molecule has 0 fully saturated rings.